The molecule has 1 atom stereocenters. The maximum Gasteiger partial charge on any atom is 0.0950 e. The minimum atomic E-state index is 0.258. The first kappa shape index (κ1) is 11.8. The van der Waals surface area contributed by atoms with E-state index < -0.39 is 0 Å². The van der Waals surface area contributed by atoms with E-state index in [1.165, 1.54) is 0 Å². The monoisotopic (exact) mass is 261 g/mol. The van der Waals surface area contributed by atoms with Gasteiger partial charge in [-0.2, -0.15) is 0 Å². The number of aromatic nitrogens is 1. The first-order chi connectivity index (χ1) is 8.75. The normalized spacial score (nSPS) is 20.3. The van der Waals surface area contributed by atoms with E-state index >= 15 is 0 Å². The zero-order valence-electron chi connectivity index (χ0n) is 10.1. The molecule has 1 aromatic carbocycles. The highest BCUT2D eigenvalue weighted by Gasteiger charge is 2.19. The second kappa shape index (κ2) is 4.75. The highest BCUT2D eigenvalue weighted by molar-refractivity contribution is 6.35. The number of benzene rings is 1. The zero-order valence-corrected chi connectivity index (χ0v) is 10.9. The van der Waals surface area contributed by atoms with Crippen LogP contribution in [0.15, 0.2) is 30.5 Å². The van der Waals surface area contributed by atoms with Crippen LogP contribution in [-0.2, 0) is 0 Å². The fourth-order valence-corrected chi connectivity index (χ4v) is 2.82. The van der Waals surface area contributed by atoms with Gasteiger partial charge in [-0.3, -0.25) is 4.98 Å². The molecule has 3 nitrogen and oxygen atoms in total. The van der Waals surface area contributed by atoms with E-state index in [2.05, 4.69) is 16.0 Å². The van der Waals surface area contributed by atoms with Crippen LogP contribution in [0.4, 0.5) is 5.69 Å². The molecule has 1 unspecified atom stereocenters. The number of rotatable bonds is 1. The molecule has 94 valence electrons. The molecule has 3 rings (SSSR count). The van der Waals surface area contributed by atoms with E-state index in [1.54, 1.807) is 0 Å². The van der Waals surface area contributed by atoms with Gasteiger partial charge in [0.1, 0.15) is 0 Å². The number of nitrogens with zero attached hydrogens (tertiary/aromatic N) is 2. The topological polar surface area (TPSA) is 42.1 Å². The first-order valence-corrected chi connectivity index (χ1v) is 6.67. The Morgan fingerprint density at radius 3 is 3.06 bits per heavy atom. The Hall–Kier alpha value is -1.32. The van der Waals surface area contributed by atoms with Crippen molar-refractivity contribution in [3.05, 3.63) is 35.5 Å². The Kier molecular flexibility index (Phi) is 3.10. The van der Waals surface area contributed by atoms with Crippen molar-refractivity contribution in [1.29, 1.82) is 0 Å². The van der Waals surface area contributed by atoms with Crippen LogP contribution in [0.5, 0.6) is 0 Å². The molecular weight excluding hydrogens is 246 g/mol. The van der Waals surface area contributed by atoms with Crippen molar-refractivity contribution in [3.8, 4) is 0 Å². The lowest BCUT2D eigenvalue weighted by Crippen LogP contribution is -2.42. The molecule has 1 aliphatic rings. The SMILES string of the molecule is NC1CCCN(c2ccc(Cl)c3cccnc23)C1. The largest absolute Gasteiger partial charge is 0.368 e. The zero-order chi connectivity index (χ0) is 12.5. The van der Waals surface area contributed by atoms with E-state index in [9.17, 15) is 0 Å². The van der Waals surface area contributed by atoms with Crippen LogP contribution in [-0.4, -0.2) is 24.1 Å². The van der Waals surface area contributed by atoms with Crippen LogP contribution >= 0.6 is 11.6 Å². The molecule has 1 aromatic heterocycles. The Balaban J connectivity index is 2.09. The number of hydrogen-bond acceptors (Lipinski definition) is 3. The van der Waals surface area contributed by atoms with E-state index in [1.807, 2.05) is 24.4 Å². The van der Waals surface area contributed by atoms with E-state index in [0.29, 0.717) is 0 Å². The van der Waals surface area contributed by atoms with Crippen LogP contribution in [0.25, 0.3) is 10.9 Å². The molecule has 0 spiro atoms. The number of anilines is 1. The van der Waals surface area contributed by atoms with Gasteiger partial charge in [0.15, 0.2) is 0 Å². The molecule has 4 heteroatoms. The lowest BCUT2D eigenvalue weighted by atomic mass is 10.0. The van der Waals surface area contributed by atoms with E-state index in [-0.39, 0.29) is 6.04 Å². The highest BCUT2D eigenvalue weighted by atomic mass is 35.5. The van der Waals surface area contributed by atoms with Gasteiger partial charge in [-0.05, 0) is 37.1 Å². The maximum absolute atomic E-state index is 6.21. The van der Waals surface area contributed by atoms with Crippen molar-refractivity contribution in [2.45, 2.75) is 18.9 Å². The van der Waals surface area contributed by atoms with E-state index in [0.717, 1.165) is 47.5 Å². The summed E-state index contributed by atoms with van der Waals surface area (Å²) in [6, 6.07) is 8.18. The molecule has 0 aliphatic carbocycles. The summed E-state index contributed by atoms with van der Waals surface area (Å²) in [6.07, 6.45) is 4.06. The van der Waals surface area contributed by atoms with Crippen molar-refractivity contribution >= 4 is 28.2 Å². The fraction of sp³-hybridized carbons (Fsp3) is 0.357. The Labute approximate surface area is 112 Å². The molecule has 18 heavy (non-hydrogen) atoms. The lowest BCUT2D eigenvalue weighted by molar-refractivity contribution is 0.507. The number of piperidine rings is 1. The van der Waals surface area contributed by atoms with Gasteiger partial charge in [0, 0.05) is 30.7 Å². The number of pyridine rings is 1. The second-order valence-electron chi connectivity index (χ2n) is 4.81. The summed E-state index contributed by atoms with van der Waals surface area (Å²) in [5.41, 5.74) is 8.16. The molecule has 0 saturated carbocycles. The summed E-state index contributed by atoms with van der Waals surface area (Å²) in [5, 5.41) is 1.76. The number of halogens is 1. The van der Waals surface area contributed by atoms with E-state index in [4.69, 9.17) is 17.3 Å². The van der Waals surface area contributed by atoms with Gasteiger partial charge in [-0.25, -0.2) is 0 Å². The number of hydrogen-bond donors (Lipinski definition) is 1. The molecule has 2 aromatic rings. The van der Waals surface area contributed by atoms with Crippen molar-refractivity contribution in [1.82, 2.24) is 4.98 Å². The first-order valence-electron chi connectivity index (χ1n) is 6.29. The molecular formula is C14H16ClN3. The van der Waals surface area contributed by atoms with Crippen LogP contribution in [0.3, 0.4) is 0 Å². The molecule has 0 amide bonds. The average molecular weight is 262 g/mol. The van der Waals surface area contributed by atoms with Crippen LogP contribution in [0.1, 0.15) is 12.8 Å². The average Bonchev–Trinajstić information content (AvgIpc) is 2.39. The molecule has 2 N–H and O–H groups in total. The Bertz CT molecular complexity index is 570. The molecule has 0 bridgehead atoms. The maximum atomic E-state index is 6.21. The standard InChI is InChI=1S/C14H16ClN3/c15-12-5-6-13(14-11(12)4-1-7-17-14)18-8-2-3-10(16)9-18/h1,4-7,10H,2-3,8-9,16H2. The molecule has 1 fully saturated rings. The van der Waals surface area contributed by atoms with Crippen LogP contribution in [0.2, 0.25) is 5.02 Å². The van der Waals surface area contributed by atoms with Crippen LogP contribution < -0.4 is 10.6 Å². The quantitative estimate of drug-likeness (QED) is 0.858. The second-order valence-corrected chi connectivity index (χ2v) is 5.22. The third kappa shape index (κ3) is 2.04. The van der Waals surface area contributed by atoms with Crippen LogP contribution in [0, 0.1) is 0 Å². The molecule has 2 heterocycles. The summed E-state index contributed by atoms with van der Waals surface area (Å²) in [7, 11) is 0. The van der Waals surface area contributed by atoms with Gasteiger partial charge in [0.25, 0.3) is 0 Å². The molecule has 1 aliphatic heterocycles. The minimum absolute atomic E-state index is 0.258. The summed E-state index contributed by atoms with van der Waals surface area (Å²) in [6.45, 7) is 1.94. The summed E-state index contributed by atoms with van der Waals surface area (Å²) >= 11 is 6.21. The summed E-state index contributed by atoms with van der Waals surface area (Å²) in [4.78, 5) is 6.79. The fourth-order valence-electron chi connectivity index (χ4n) is 2.61. The van der Waals surface area contributed by atoms with Gasteiger partial charge in [0.05, 0.1) is 16.2 Å². The van der Waals surface area contributed by atoms with Gasteiger partial charge in [-0.1, -0.05) is 11.6 Å². The predicted molar refractivity (Wildman–Crippen MR) is 76.2 cm³/mol. The van der Waals surface area contributed by atoms with Crippen molar-refractivity contribution < 1.29 is 0 Å². The van der Waals surface area contributed by atoms with Crippen molar-refractivity contribution in [2.75, 3.05) is 18.0 Å². The third-order valence-corrected chi connectivity index (χ3v) is 3.82. The Morgan fingerprint density at radius 2 is 2.22 bits per heavy atom. The molecule has 1 saturated heterocycles. The smallest absolute Gasteiger partial charge is 0.0950 e. The predicted octanol–water partition coefficient (Wildman–Crippen LogP) is 2.82. The van der Waals surface area contributed by atoms with Crippen molar-refractivity contribution in [2.24, 2.45) is 5.73 Å². The highest BCUT2D eigenvalue weighted by Crippen LogP contribution is 2.31. The summed E-state index contributed by atoms with van der Waals surface area (Å²) < 4.78 is 0. The van der Waals surface area contributed by atoms with Gasteiger partial charge in [0.2, 0.25) is 0 Å². The number of fused-ring (bicyclic) bond motifs is 1. The number of nitrogens with two attached hydrogens (primary N) is 1. The Morgan fingerprint density at radius 1 is 1.33 bits per heavy atom. The van der Waals surface area contributed by atoms with Crippen molar-refractivity contribution in [3.63, 3.8) is 0 Å². The van der Waals surface area contributed by atoms with Gasteiger partial charge >= 0.3 is 0 Å². The van der Waals surface area contributed by atoms with Gasteiger partial charge in [-0.15, -0.1) is 0 Å². The summed E-state index contributed by atoms with van der Waals surface area (Å²) in [5.74, 6) is 0. The molecule has 0 radical (unpaired) electrons. The minimum Gasteiger partial charge on any atom is -0.368 e. The van der Waals surface area contributed by atoms with Gasteiger partial charge < -0.3 is 10.6 Å². The third-order valence-electron chi connectivity index (χ3n) is 3.49. The lowest BCUT2D eigenvalue weighted by Gasteiger charge is -2.33.